The second-order valence-corrected chi connectivity index (χ2v) is 5.36. The third-order valence-corrected chi connectivity index (χ3v) is 3.93. The van der Waals surface area contributed by atoms with Crippen molar-refractivity contribution in [3.63, 3.8) is 0 Å². The third-order valence-electron chi connectivity index (χ3n) is 3.93. The van der Waals surface area contributed by atoms with E-state index in [4.69, 9.17) is 4.74 Å². The Morgan fingerprint density at radius 2 is 2.10 bits per heavy atom. The lowest BCUT2D eigenvalue weighted by molar-refractivity contribution is 0.0459. The van der Waals surface area contributed by atoms with Gasteiger partial charge < -0.3 is 15.0 Å². The topological polar surface area (TPSA) is 37.4 Å². The van der Waals surface area contributed by atoms with Crippen molar-refractivity contribution in [3.8, 4) is 0 Å². The van der Waals surface area contributed by atoms with E-state index in [0.717, 1.165) is 44.8 Å². The molecule has 1 fully saturated rings. The molecule has 1 N–H and O–H groups in total. The van der Waals surface area contributed by atoms with Crippen LogP contribution in [0.2, 0.25) is 0 Å². The van der Waals surface area contributed by atoms with E-state index in [0.29, 0.717) is 12.1 Å². The summed E-state index contributed by atoms with van der Waals surface area (Å²) >= 11 is 0. The number of piperidine rings is 1. The summed E-state index contributed by atoms with van der Waals surface area (Å²) in [6, 6.07) is 4.65. The van der Waals surface area contributed by atoms with Crippen molar-refractivity contribution in [3.05, 3.63) is 24.0 Å². The van der Waals surface area contributed by atoms with Gasteiger partial charge >= 0.3 is 0 Å². The monoisotopic (exact) mass is 277 g/mol. The number of nitrogens with one attached hydrogen (secondary N) is 1. The van der Waals surface area contributed by atoms with E-state index < -0.39 is 0 Å². The summed E-state index contributed by atoms with van der Waals surface area (Å²) in [5.41, 5.74) is 2.34. The number of hydrogen-bond donors (Lipinski definition) is 1. The highest BCUT2D eigenvalue weighted by atomic mass is 16.5. The standard InChI is InChI=1S/C16H27N3O/c1-4-17-13(3)16-7-6-14(12-18-16)19-10-8-15(9-11-19)20-5-2/h6-7,12-13,15,17H,4-5,8-11H2,1-3H3. The third kappa shape index (κ3) is 3.93. The van der Waals surface area contributed by atoms with E-state index in [1.54, 1.807) is 0 Å². The average molecular weight is 277 g/mol. The van der Waals surface area contributed by atoms with E-state index in [-0.39, 0.29) is 0 Å². The van der Waals surface area contributed by atoms with Crippen molar-refractivity contribution in [1.29, 1.82) is 0 Å². The molecule has 0 aliphatic carbocycles. The number of pyridine rings is 1. The number of aromatic nitrogens is 1. The Kier molecular flexibility index (Phi) is 5.80. The summed E-state index contributed by atoms with van der Waals surface area (Å²) < 4.78 is 5.69. The van der Waals surface area contributed by atoms with Gasteiger partial charge in [-0.25, -0.2) is 0 Å². The van der Waals surface area contributed by atoms with Gasteiger partial charge in [-0.3, -0.25) is 4.98 Å². The molecule has 112 valence electrons. The molecule has 1 aliphatic heterocycles. The van der Waals surface area contributed by atoms with Crippen LogP contribution in [0.5, 0.6) is 0 Å². The molecule has 4 nitrogen and oxygen atoms in total. The molecule has 1 aromatic heterocycles. The van der Waals surface area contributed by atoms with Crippen LogP contribution in [0, 0.1) is 0 Å². The van der Waals surface area contributed by atoms with Gasteiger partial charge in [0.15, 0.2) is 0 Å². The predicted octanol–water partition coefficient (Wildman–Crippen LogP) is 2.76. The Hall–Kier alpha value is -1.13. The Labute approximate surface area is 122 Å². The predicted molar refractivity (Wildman–Crippen MR) is 83.2 cm³/mol. The molecule has 0 aromatic carbocycles. The highest BCUT2D eigenvalue weighted by Crippen LogP contribution is 2.22. The number of ether oxygens (including phenoxy) is 1. The second kappa shape index (κ2) is 7.60. The molecule has 1 aromatic rings. The van der Waals surface area contributed by atoms with Crippen molar-refractivity contribution in [2.45, 2.75) is 45.8 Å². The summed E-state index contributed by atoms with van der Waals surface area (Å²) in [4.78, 5) is 7.00. The molecule has 4 heteroatoms. The van der Waals surface area contributed by atoms with Crippen LogP contribution in [0.25, 0.3) is 0 Å². The smallest absolute Gasteiger partial charge is 0.0608 e. The molecule has 0 saturated carbocycles. The van der Waals surface area contributed by atoms with Gasteiger partial charge in [0.1, 0.15) is 0 Å². The molecule has 2 heterocycles. The number of rotatable bonds is 6. The summed E-state index contributed by atoms with van der Waals surface area (Å²) in [5, 5.41) is 3.39. The summed E-state index contributed by atoms with van der Waals surface area (Å²) in [7, 11) is 0. The first-order valence-corrected chi connectivity index (χ1v) is 7.80. The highest BCUT2D eigenvalue weighted by molar-refractivity contribution is 5.45. The van der Waals surface area contributed by atoms with Crippen molar-refractivity contribution in [2.75, 3.05) is 31.1 Å². The van der Waals surface area contributed by atoms with Crippen molar-refractivity contribution >= 4 is 5.69 Å². The minimum absolute atomic E-state index is 0.317. The van der Waals surface area contributed by atoms with E-state index in [9.17, 15) is 0 Å². The fraction of sp³-hybridized carbons (Fsp3) is 0.688. The van der Waals surface area contributed by atoms with Gasteiger partial charge in [0.25, 0.3) is 0 Å². The molecular formula is C16H27N3O. The molecule has 1 atom stereocenters. The Morgan fingerprint density at radius 3 is 2.65 bits per heavy atom. The van der Waals surface area contributed by atoms with E-state index >= 15 is 0 Å². The van der Waals surface area contributed by atoms with Crippen LogP contribution in [0.3, 0.4) is 0 Å². The van der Waals surface area contributed by atoms with Gasteiger partial charge in [0.2, 0.25) is 0 Å². The molecule has 1 unspecified atom stereocenters. The van der Waals surface area contributed by atoms with Crippen LogP contribution in [0.1, 0.15) is 45.3 Å². The van der Waals surface area contributed by atoms with Crippen molar-refractivity contribution < 1.29 is 4.74 Å². The summed E-state index contributed by atoms with van der Waals surface area (Å²) in [6.07, 6.45) is 4.67. The molecular weight excluding hydrogens is 250 g/mol. The molecule has 1 saturated heterocycles. The van der Waals surface area contributed by atoms with Crippen LogP contribution in [-0.4, -0.2) is 37.3 Å². The lowest BCUT2D eigenvalue weighted by Gasteiger charge is -2.33. The first-order valence-electron chi connectivity index (χ1n) is 7.80. The zero-order chi connectivity index (χ0) is 14.4. The molecule has 0 spiro atoms. The molecule has 20 heavy (non-hydrogen) atoms. The molecule has 0 radical (unpaired) electrons. The summed E-state index contributed by atoms with van der Waals surface area (Å²) in [6.45, 7) is 10.3. The van der Waals surface area contributed by atoms with Crippen molar-refractivity contribution in [2.24, 2.45) is 0 Å². The molecule has 1 aliphatic rings. The lowest BCUT2D eigenvalue weighted by atomic mass is 10.1. The maximum Gasteiger partial charge on any atom is 0.0608 e. The maximum atomic E-state index is 5.69. The number of hydrogen-bond acceptors (Lipinski definition) is 4. The SMILES string of the molecule is CCNC(C)c1ccc(N2CCC(OCC)CC2)cn1. The van der Waals surface area contributed by atoms with E-state index in [1.165, 1.54) is 5.69 Å². The van der Waals surface area contributed by atoms with E-state index in [2.05, 4.69) is 48.1 Å². The molecule has 0 bridgehead atoms. The second-order valence-electron chi connectivity index (χ2n) is 5.36. The molecule has 0 amide bonds. The quantitative estimate of drug-likeness (QED) is 0.867. The van der Waals surface area contributed by atoms with Gasteiger partial charge in [-0.2, -0.15) is 0 Å². The molecule has 2 rings (SSSR count). The van der Waals surface area contributed by atoms with Crippen LogP contribution >= 0.6 is 0 Å². The van der Waals surface area contributed by atoms with Crippen LogP contribution in [-0.2, 0) is 4.74 Å². The van der Waals surface area contributed by atoms with Gasteiger partial charge in [-0.15, -0.1) is 0 Å². The lowest BCUT2D eigenvalue weighted by Crippen LogP contribution is -2.37. The summed E-state index contributed by atoms with van der Waals surface area (Å²) in [5.74, 6) is 0. The number of anilines is 1. The maximum absolute atomic E-state index is 5.69. The fourth-order valence-corrected chi connectivity index (χ4v) is 2.77. The van der Waals surface area contributed by atoms with Gasteiger partial charge in [-0.05, 0) is 45.4 Å². The minimum Gasteiger partial charge on any atom is -0.378 e. The fourth-order valence-electron chi connectivity index (χ4n) is 2.77. The minimum atomic E-state index is 0.317. The largest absolute Gasteiger partial charge is 0.378 e. The van der Waals surface area contributed by atoms with Gasteiger partial charge in [-0.1, -0.05) is 6.92 Å². The Bertz CT molecular complexity index is 385. The highest BCUT2D eigenvalue weighted by Gasteiger charge is 2.19. The first kappa shape index (κ1) is 15.3. The van der Waals surface area contributed by atoms with Gasteiger partial charge in [0.05, 0.1) is 23.7 Å². The average Bonchev–Trinajstić information content (AvgIpc) is 2.49. The normalized spacial score (nSPS) is 18.2. The van der Waals surface area contributed by atoms with Crippen LogP contribution < -0.4 is 10.2 Å². The zero-order valence-corrected chi connectivity index (χ0v) is 12.9. The van der Waals surface area contributed by atoms with E-state index in [1.807, 2.05) is 6.20 Å². The van der Waals surface area contributed by atoms with Crippen LogP contribution in [0.4, 0.5) is 5.69 Å². The van der Waals surface area contributed by atoms with Gasteiger partial charge in [0, 0.05) is 25.7 Å². The Morgan fingerprint density at radius 1 is 1.35 bits per heavy atom. The first-order chi connectivity index (χ1) is 9.74. The van der Waals surface area contributed by atoms with Crippen molar-refractivity contribution in [1.82, 2.24) is 10.3 Å². The zero-order valence-electron chi connectivity index (χ0n) is 12.9. The number of nitrogens with zero attached hydrogens (tertiary/aromatic N) is 2. The van der Waals surface area contributed by atoms with Crippen LogP contribution in [0.15, 0.2) is 18.3 Å². The Balaban J connectivity index is 1.91.